The highest BCUT2D eigenvalue weighted by Crippen LogP contribution is 2.17. The van der Waals surface area contributed by atoms with Crippen LogP contribution in [0.2, 0.25) is 0 Å². The van der Waals surface area contributed by atoms with Crippen LogP contribution < -0.4 is 5.32 Å². The number of Topliss-reactive ketones (excluding diaryl/α,β-unsaturated/α-hetero) is 1. The molecule has 3 heteroatoms. The molecular weight excluding hydrogens is 248 g/mol. The molecule has 1 aromatic carbocycles. The number of aryl methyl sites for hydroxylation is 3. The Morgan fingerprint density at radius 3 is 2.65 bits per heavy atom. The summed E-state index contributed by atoms with van der Waals surface area (Å²) in [5.74, 6) is 0.280. The van der Waals surface area contributed by atoms with Gasteiger partial charge in [0.2, 0.25) is 0 Å². The van der Waals surface area contributed by atoms with E-state index in [-0.39, 0.29) is 5.78 Å². The molecule has 0 radical (unpaired) electrons. The number of hydrogen-bond donors (Lipinski definition) is 1. The van der Waals surface area contributed by atoms with Gasteiger partial charge >= 0.3 is 0 Å². The third kappa shape index (κ3) is 3.90. The van der Waals surface area contributed by atoms with Crippen molar-refractivity contribution in [2.75, 3.05) is 32.7 Å². The molecule has 1 aliphatic heterocycles. The van der Waals surface area contributed by atoms with Crippen molar-refractivity contribution >= 4 is 5.78 Å². The Kier molecular flexibility index (Phi) is 5.32. The van der Waals surface area contributed by atoms with Crippen LogP contribution in [0.25, 0.3) is 0 Å². The number of ketones is 1. The van der Waals surface area contributed by atoms with Gasteiger partial charge in [-0.05, 0) is 63.0 Å². The minimum Gasteiger partial charge on any atom is -0.315 e. The second kappa shape index (κ2) is 7.00. The Bertz CT molecular complexity index is 474. The average Bonchev–Trinajstić information content (AvgIpc) is 2.69. The van der Waals surface area contributed by atoms with E-state index in [0.717, 1.165) is 43.9 Å². The van der Waals surface area contributed by atoms with E-state index in [2.05, 4.69) is 36.2 Å². The summed E-state index contributed by atoms with van der Waals surface area (Å²) in [4.78, 5) is 14.8. The van der Waals surface area contributed by atoms with Crippen molar-refractivity contribution in [3.63, 3.8) is 0 Å². The predicted octanol–water partition coefficient (Wildman–Crippen LogP) is 2.48. The Morgan fingerprint density at radius 1 is 1.10 bits per heavy atom. The summed E-state index contributed by atoms with van der Waals surface area (Å²) in [5, 5.41) is 3.39. The van der Waals surface area contributed by atoms with Crippen LogP contribution in [-0.4, -0.2) is 43.4 Å². The largest absolute Gasteiger partial charge is 0.315 e. The van der Waals surface area contributed by atoms with Gasteiger partial charge in [-0.15, -0.1) is 0 Å². The van der Waals surface area contributed by atoms with Crippen molar-refractivity contribution in [3.8, 4) is 0 Å². The normalized spacial score (nSPS) is 16.9. The van der Waals surface area contributed by atoms with Gasteiger partial charge in [-0.3, -0.25) is 4.79 Å². The monoisotopic (exact) mass is 274 g/mol. The van der Waals surface area contributed by atoms with Crippen LogP contribution in [0.1, 0.15) is 39.9 Å². The fourth-order valence-corrected chi connectivity index (χ4v) is 2.78. The van der Waals surface area contributed by atoms with Crippen LogP contribution in [0.15, 0.2) is 12.1 Å². The summed E-state index contributed by atoms with van der Waals surface area (Å²) in [7, 11) is 0. The van der Waals surface area contributed by atoms with Gasteiger partial charge < -0.3 is 10.2 Å². The minimum atomic E-state index is 0.280. The molecule has 0 aromatic heterocycles. The first kappa shape index (κ1) is 15.2. The molecular formula is C17H26N2O. The van der Waals surface area contributed by atoms with E-state index in [1.807, 2.05) is 6.92 Å². The Morgan fingerprint density at radius 2 is 1.85 bits per heavy atom. The number of carbonyl (C=O) groups is 1. The molecule has 20 heavy (non-hydrogen) atoms. The maximum Gasteiger partial charge on any atom is 0.164 e. The first-order valence-electron chi connectivity index (χ1n) is 7.62. The van der Waals surface area contributed by atoms with Gasteiger partial charge in [-0.2, -0.15) is 0 Å². The van der Waals surface area contributed by atoms with E-state index < -0.39 is 0 Å². The van der Waals surface area contributed by atoms with E-state index in [9.17, 15) is 4.79 Å². The molecule has 1 aromatic rings. The molecule has 0 aliphatic carbocycles. The van der Waals surface area contributed by atoms with Crippen molar-refractivity contribution in [2.24, 2.45) is 0 Å². The summed E-state index contributed by atoms with van der Waals surface area (Å²) >= 11 is 0. The molecule has 0 bridgehead atoms. The number of hydrogen-bond acceptors (Lipinski definition) is 3. The maximum absolute atomic E-state index is 12.4. The van der Waals surface area contributed by atoms with Gasteiger partial charge in [0, 0.05) is 31.6 Å². The third-order valence-electron chi connectivity index (χ3n) is 4.23. The first-order valence-corrected chi connectivity index (χ1v) is 7.62. The van der Waals surface area contributed by atoms with Gasteiger partial charge in [0.25, 0.3) is 0 Å². The molecule has 0 spiro atoms. The molecule has 1 N–H and O–H groups in total. The van der Waals surface area contributed by atoms with Crippen LogP contribution in [0.4, 0.5) is 0 Å². The summed E-state index contributed by atoms with van der Waals surface area (Å²) in [5.41, 5.74) is 4.48. The number of benzene rings is 1. The van der Waals surface area contributed by atoms with Crippen LogP contribution in [0, 0.1) is 20.8 Å². The van der Waals surface area contributed by atoms with Crippen LogP contribution in [0.5, 0.6) is 0 Å². The summed E-state index contributed by atoms with van der Waals surface area (Å²) in [6, 6.07) is 4.18. The molecule has 0 atom stereocenters. The quantitative estimate of drug-likeness (QED) is 0.856. The number of rotatable bonds is 4. The summed E-state index contributed by atoms with van der Waals surface area (Å²) in [6.45, 7) is 11.4. The molecule has 1 fully saturated rings. The zero-order valence-corrected chi connectivity index (χ0v) is 13.0. The van der Waals surface area contributed by atoms with E-state index in [1.54, 1.807) is 0 Å². The van der Waals surface area contributed by atoms with Crippen LogP contribution in [-0.2, 0) is 0 Å². The lowest BCUT2D eigenvalue weighted by Crippen LogP contribution is -2.30. The third-order valence-corrected chi connectivity index (χ3v) is 4.23. The van der Waals surface area contributed by atoms with Gasteiger partial charge in [-0.1, -0.05) is 6.07 Å². The molecule has 0 amide bonds. The molecule has 1 saturated heterocycles. The number of carbonyl (C=O) groups excluding carboxylic acids is 1. The highest BCUT2D eigenvalue weighted by molar-refractivity contribution is 5.97. The molecule has 0 saturated carbocycles. The predicted molar refractivity (Wildman–Crippen MR) is 83.5 cm³/mol. The van der Waals surface area contributed by atoms with Gasteiger partial charge in [0.15, 0.2) is 5.78 Å². The lowest BCUT2D eigenvalue weighted by Gasteiger charge is -2.19. The van der Waals surface area contributed by atoms with Gasteiger partial charge in [-0.25, -0.2) is 0 Å². The Hall–Kier alpha value is -1.19. The minimum absolute atomic E-state index is 0.280. The van der Waals surface area contributed by atoms with Gasteiger partial charge in [0.1, 0.15) is 0 Å². The second-order valence-electron chi connectivity index (χ2n) is 5.87. The first-order chi connectivity index (χ1) is 9.58. The van der Waals surface area contributed by atoms with E-state index in [1.165, 1.54) is 17.5 Å². The summed E-state index contributed by atoms with van der Waals surface area (Å²) < 4.78 is 0. The van der Waals surface area contributed by atoms with Crippen LogP contribution >= 0.6 is 0 Å². The van der Waals surface area contributed by atoms with E-state index in [4.69, 9.17) is 0 Å². The number of nitrogens with one attached hydrogen (secondary N) is 1. The van der Waals surface area contributed by atoms with E-state index in [0.29, 0.717) is 6.42 Å². The molecule has 3 nitrogen and oxygen atoms in total. The van der Waals surface area contributed by atoms with E-state index >= 15 is 0 Å². The zero-order valence-electron chi connectivity index (χ0n) is 13.0. The van der Waals surface area contributed by atoms with Crippen LogP contribution in [0.3, 0.4) is 0 Å². The summed E-state index contributed by atoms with van der Waals surface area (Å²) in [6.07, 6.45) is 1.81. The van der Waals surface area contributed by atoms with Crippen molar-refractivity contribution in [2.45, 2.75) is 33.6 Å². The standard InChI is InChI=1S/C17H26N2O/c1-13-11-15(3)16(12-14(13)2)17(20)5-9-19-8-4-6-18-7-10-19/h11-12,18H,4-10H2,1-3H3. The fraction of sp³-hybridized carbons (Fsp3) is 0.588. The smallest absolute Gasteiger partial charge is 0.164 e. The number of nitrogens with zero attached hydrogens (tertiary/aromatic N) is 1. The van der Waals surface area contributed by atoms with Gasteiger partial charge in [0.05, 0.1) is 0 Å². The zero-order chi connectivity index (χ0) is 14.5. The maximum atomic E-state index is 12.4. The highest BCUT2D eigenvalue weighted by atomic mass is 16.1. The lowest BCUT2D eigenvalue weighted by molar-refractivity contribution is 0.0965. The van der Waals surface area contributed by atoms with Crippen molar-refractivity contribution in [1.82, 2.24) is 10.2 Å². The lowest BCUT2D eigenvalue weighted by atomic mass is 9.97. The SMILES string of the molecule is Cc1cc(C)c(C(=O)CCN2CCCNCC2)cc1C. The molecule has 0 unspecified atom stereocenters. The Labute approximate surface area is 122 Å². The topological polar surface area (TPSA) is 32.3 Å². The molecule has 110 valence electrons. The highest BCUT2D eigenvalue weighted by Gasteiger charge is 2.14. The van der Waals surface area contributed by atoms with Crippen molar-refractivity contribution in [3.05, 3.63) is 34.4 Å². The van der Waals surface area contributed by atoms with Crippen molar-refractivity contribution in [1.29, 1.82) is 0 Å². The molecule has 2 rings (SSSR count). The van der Waals surface area contributed by atoms with Crippen molar-refractivity contribution < 1.29 is 4.79 Å². The molecule has 1 aliphatic rings. The second-order valence-corrected chi connectivity index (χ2v) is 5.87. The molecule has 1 heterocycles. The average molecular weight is 274 g/mol. The fourth-order valence-electron chi connectivity index (χ4n) is 2.78. The Balaban J connectivity index is 1.96.